The van der Waals surface area contributed by atoms with Gasteiger partial charge in [-0.3, -0.25) is 0 Å². The molecule has 0 saturated heterocycles. The van der Waals surface area contributed by atoms with Crippen LogP contribution in [0.3, 0.4) is 0 Å². The minimum atomic E-state index is -4.81. The summed E-state index contributed by atoms with van der Waals surface area (Å²) in [5.41, 5.74) is 1.08. The van der Waals surface area contributed by atoms with Crippen molar-refractivity contribution in [3.05, 3.63) is 50.9 Å². The van der Waals surface area contributed by atoms with Crippen LogP contribution in [0.15, 0.2) is 39.0 Å². The largest absolute Gasteiger partial charge is 0.477 e. The molecule has 0 fully saturated rings. The number of nitrogens with zero attached hydrogens (tertiary/aromatic N) is 3. The van der Waals surface area contributed by atoms with Crippen molar-refractivity contribution in [3.8, 4) is 0 Å². The molecule has 5 nitrogen and oxygen atoms in total. The van der Waals surface area contributed by atoms with Crippen molar-refractivity contribution in [2.24, 2.45) is 0 Å². The number of alkyl halides is 3. The summed E-state index contributed by atoms with van der Waals surface area (Å²) in [6.07, 6.45) is -4.33. The van der Waals surface area contributed by atoms with Crippen molar-refractivity contribution in [1.82, 2.24) is 15.2 Å². The van der Waals surface area contributed by atoms with Gasteiger partial charge in [0.25, 0.3) is 0 Å². The molecule has 0 atom stereocenters. The molecule has 25 heavy (non-hydrogen) atoms. The number of aromatic nitrogens is 3. The van der Waals surface area contributed by atoms with E-state index in [0.29, 0.717) is 22.7 Å². The number of aromatic carboxylic acids is 1. The van der Waals surface area contributed by atoms with Gasteiger partial charge < -0.3 is 5.11 Å². The molecule has 3 rings (SSSR count). The summed E-state index contributed by atoms with van der Waals surface area (Å²) in [4.78, 5) is 14.4. The van der Waals surface area contributed by atoms with Gasteiger partial charge in [0.2, 0.25) is 0 Å². The Morgan fingerprint density at radius 3 is 2.64 bits per heavy atom. The maximum absolute atomic E-state index is 12.9. The Hall–Kier alpha value is -1.98. The van der Waals surface area contributed by atoms with E-state index >= 15 is 0 Å². The molecule has 0 saturated carbocycles. The predicted octanol–water partition coefficient (Wildman–Crippen LogP) is 4.45. The van der Waals surface area contributed by atoms with Crippen LogP contribution >= 0.6 is 34.4 Å². The van der Waals surface area contributed by atoms with E-state index in [4.69, 9.17) is 5.11 Å². The van der Waals surface area contributed by atoms with E-state index in [1.807, 2.05) is 12.1 Å². The monoisotopic (exact) mass is 403 g/mol. The Balaban J connectivity index is 1.92. The zero-order chi connectivity index (χ0) is 18.0. The smallest absolute Gasteiger partial charge is 0.435 e. The highest BCUT2D eigenvalue weighted by Gasteiger charge is 2.39. The third kappa shape index (κ3) is 4.17. The number of halogens is 3. The van der Waals surface area contributed by atoms with Crippen molar-refractivity contribution >= 4 is 40.4 Å². The molecule has 1 N–H and O–H groups in total. The lowest BCUT2D eigenvalue weighted by Gasteiger charge is -2.05. The minimum absolute atomic E-state index is 0.0226. The molecule has 1 aromatic carbocycles. The maximum Gasteiger partial charge on any atom is 0.435 e. The van der Waals surface area contributed by atoms with Gasteiger partial charge in [-0.15, -0.1) is 21.5 Å². The molecule has 2 heterocycles. The van der Waals surface area contributed by atoms with Crippen LogP contribution < -0.4 is 0 Å². The summed E-state index contributed by atoms with van der Waals surface area (Å²) in [6, 6.07) is 7.14. The number of carboxylic acids is 1. The average molecular weight is 403 g/mol. The topological polar surface area (TPSA) is 76.0 Å². The van der Waals surface area contributed by atoms with Crippen molar-refractivity contribution < 1.29 is 23.1 Å². The number of hydrogen-bond acceptors (Lipinski definition) is 7. The molecule has 0 spiro atoms. The first kappa shape index (κ1) is 17.8. The first-order valence-electron chi connectivity index (χ1n) is 6.66. The fraction of sp³-hybridized carbons (Fsp3) is 0.143. The van der Waals surface area contributed by atoms with Gasteiger partial charge in [-0.05, 0) is 11.6 Å². The summed E-state index contributed by atoms with van der Waals surface area (Å²) in [5.74, 6) is -1.64. The van der Waals surface area contributed by atoms with E-state index in [1.54, 1.807) is 17.6 Å². The molecular formula is C14H8F3N3O2S3. The fourth-order valence-corrected chi connectivity index (χ4v) is 4.60. The highest BCUT2D eigenvalue weighted by molar-refractivity contribution is 8.01. The zero-order valence-corrected chi connectivity index (χ0v) is 14.6. The fourth-order valence-electron chi connectivity index (χ4n) is 1.96. The first-order valence-corrected chi connectivity index (χ1v) is 9.18. The van der Waals surface area contributed by atoms with Crippen LogP contribution in [0.2, 0.25) is 0 Å². The summed E-state index contributed by atoms with van der Waals surface area (Å²) in [5, 5.41) is 17.5. The van der Waals surface area contributed by atoms with Gasteiger partial charge in [-0.25, -0.2) is 9.78 Å². The highest BCUT2D eigenvalue weighted by atomic mass is 32.2. The van der Waals surface area contributed by atoms with Crippen LogP contribution in [0.5, 0.6) is 0 Å². The molecule has 130 valence electrons. The second-order valence-electron chi connectivity index (χ2n) is 4.68. The second kappa shape index (κ2) is 7.10. The number of carbonyl (C=O) groups is 1. The van der Waals surface area contributed by atoms with Crippen molar-refractivity contribution in [2.45, 2.75) is 21.8 Å². The maximum atomic E-state index is 12.9. The Morgan fingerprint density at radius 2 is 2.04 bits per heavy atom. The number of hydrogen-bond donors (Lipinski definition) is 1. The van der Waals surface area contributed by atoms with Gasteiger partial charge in [-0.1, -0.05) is 41.3 Å². The molecule has 0 amide bonds. The van der Waals surface area contributed by atoms with Crippen LogP contribution in [0, 0.1) is 0 Å². The molecule has 0 unspecified atom stereocenters. The Labute approximate surface area is 151 Å². The lowest BCUT2D eigenvalue weighted by Crippen LogP contribution is -2.11. The normalized spacial score (nSPS) is 11.6. The standard InChI is InChI=1S/C14H8F3N3O2S3/c15-14(16,17)11-10(12(21)22)25-13(19-11)24-8-4-2-1-3-7(8)5-9-20-18-6-23-9/h1-4,6H,5H2,(H,21,22). The summed E-state index contributed by atoms with van der Waals surface area (Å²) >= 11 is 2.89. The average Bonchev–Trinajstić information content (AvgIpc) is 3.18. The van der Waals surface area contributed by atoms with Crippen molar-refractivity contribution in [1.29, 1.82) is 0 Å². The summed E-state index contributed by atoms with van der Waals surface area (Å²) in [6.45, 7) is 0. The van der Waals surface area contributed by atoms with E-state index in [1.165, 1.54) is 11.3 Å². The minimum Gasteiger partial charge on any atom is -0.477 e. The molecule has 0 bridgehead atoms. The third-order valence-corrected chi connectivity index (χ3v) is 5.91. The van der Waals surface area contributed by atoms with Gasteiger partial charge in [0.15, 0.2) is 10.0 Å². The van der Waals surface area contributed by atoms with Gasteiger partial charge in [0, 0.05) is 11.3 Å². The third-order valence-electron chi connectivity index (χ3n) is 2.99. The summed E-state index contributed by atoms with van der Waals surface area (Å²) < 4.78 is 38.9. The quantitative estimate of drug-likeness (QED) is 0.678. The number of carboxylic acid groups (broad SMARTS) is 1. The number of rotatable bonds is 5. The predicted molar refractivity (Wildman–Crippen MR) is 87.4 cm³/mol. The summed E-state index contributed by atoms with van der Waals surface area (Å²) in [7, 11) is 0. The lowest BCUT2D eigenvalue weighted by molar-refractivity contribution is -0.141. The van der Waals surface area contributed by atoms with Gasteiger partial charge in [-0.2, -0.15) is 13.2 Å². The molecule has 0 aliphatic heterocycles. The van der Waals surface area contributed by atoms with Gasteiger partial charge >= 0.3 is 12.1 Å². The number of thiazole rings is 1. The SMILES string of the molecule is O=C(O)c1sc(Sc2ccccc2Cc2nncs2)nc1C(F)(F)F. The second-order valence-corrected chi connectivity index (χ2v) is 7.89. The van der Waals surface area contributed by atoms with Crippen molar-refractivity contribution in [2.75, 3.05) is 0 Å². The van der Waals surface area contributed by atoms with Gasteiger partial charge in [0.05, 0.1) is 0 Å². The highest BCUT2D eigenvalue weighted by Crippen LogP contribution is 2.40. The molecule has 0 aliphatic carbocycles. The Morgan fingerprint density at radius 1 is 1.28 bits per heavy atom. The van der Waals surface area contributed by atoms with Crippen molar-refractivity contribution in [3.63, 3.8) is 0 Å². The van der Waals surface area contributed by atoms with E-state index in [2.05, 4.69) is 15.2 Å². The molecule has 2 aromatic heterocycles. The molecule has 3 aromatic rings. The van der Waals surface area contributed by atoms with Crippen LogP contribution in [-0.4, -0.2) is 26.3 Å². The van der Waals surface area contributed by atoms with E-state index in [0.717, 1.165) is 22.3 Å². The molecule has 0 radical (unpaired) electrons. The molecule has 0 aliphatic rings. The van der Waals surface area contributed by atoms with Crippen LogP contribution in [0.4, 0.5) is 13.2 Å². The van der Waals surface area contributed by atoms with E-state index in [9.17, 15) is 18.0 Å². The zero-order valence-electron chi connectivity index (χ0n) is 12.1. The van der Waals surface area contributed by atoms with Crippen LogP contribution in [0.25, 0.3) is 0 Å². The molecular weight excluding hydrogens is 395 g/mol. The van der Waals surface area contributed by atoms with E-state index < -0.39 is 22.7 Å². The molecule has 11 heteroatoms. The first-order chi connectivity index (χ1) is 11.8. The van der Waals surface area contributed by atoms with Gasteiger partial charge in [0.1, 0.15) is 15.4 Å². The Bertz CT molecular complexity index is 894. The van der Waals surface area contributed by atoms with Crippen LogP contribution in [0.1, 0.15) is 25.9 Å². The lowest BCUT2D eigenvalue weighted by atomic mass is 10.2. The number of benzene rings is 1. The Kier molecular flexibility index (Phi) is 5.06. The van der Waals surface area contributed by atoms with E-state index in [-0.39, 0.29) is 4.34 Å². The van der Waals surface area contributed by atoms with Crippen LogP contribution in [-0.2, 0) is 12.6 Å².